The number of Topliss-reactive ketones (excluding diaryl/α,β-unsaturated/α-hetero) is 1. The van der Waals surface area contributed by atoms with Gasteiger partial charge in [-0.3, -0.25) is 9.59 Å². The number of anilines is 1. The molecule has 5 nitrogen and oxygen atoms in total. The molecule has 2 aromatic carbocycles. The molecule has 2 aliphatic rings. The van der Waals surface area contributed by atoms with E-state index in [0.717, 1.165) is 15.7 Å². The molecule has 176 valence electrons. The molecule has 2 atom stereocenters. The molecule has 0 bridgehead atoms. The molecule has 7 heteroatoms. The summed E-state index contributed by atoms with van der Waals surface area (Å²) in [7, 11) is 0. The van der Waals surface area contributed by atoms with Gasteiger partial charge in [0, 0.05) is 45.5 Å². The number of nitrogens with one attached hydrogen (secondary N) is 2. The number of nitrogens with zero attached hydrogens (tertiary/aromatic N) is 1. The van der Waals surface area contributed by atoms with Gasteiger partial charge in [0.05, 0.1) is 0 Å². The summed E-state index contributed by atoms with van der Waals surface area (Å²) >= 11 is 3.34. The summed E-state index contributed by atoms with van der Waals surface area (Å²) in [6.07, 6.45) is 2.56. The van der Waals surface area contributed by atoms with Crippen LogP contribution in [0.1, 0.15) is 42.7 Å². The van der Waals surface area contributed by atoms with Crippen molar-refractivity contribution in [2.45, 2.75) is 31.6 Å². The molecule has 0 fully saturated rings. The van der Waals surface area contributed by atoms with Crippen LogP contribution in [0.25, 0.3) is 0 Å². The Bertz CT molecular complexity index is 1370. The maximum Gasteiger partial charge on any atom is 0.255 e. The minimum absolute atomic E-state index is 0.0400. The lowest BCUT2D eigenvalue weighted by Crippen LogP contribution is -2.37. The maximum atomic E-state index is 14.3. The number of benzene rings is 2. The molecule has 2 N–H and O–H groups in total. The van der Waals surface area contributed by atoms with Crippen molar-refractivity contribution in [1.82, 2.24) is 10.3 Å². The number of pyridine rings is 1. The number of carbonyl (C=O) groups is 2. The van der Waals surface area contributed by atoms with Gasteiger partial charge in [0.1, 0.15) is 11.6 Å². The molecular weight excluding hydrogens is 509 g/mol. The van der Waals surface area contributed by atoms with Gasteiger partial charge in [0.25, 0.3) is 5.91 Å². The van der Waals surface area contributed by atoms with Crippen LogP contribution in [-0.2, 0) is 9.59 Å². The fourth-order valence-corrected chi connectivity index (χ4v) is 5.19. The molecule has 2 unspecified atom stereocenters. The van der Waals surface area contributed by atoms with Crippen LogP contribution in [-0.4, -0.2) is 16.7 Å². The van der Waals surface area contributed by atoms with Crippen LogP contribution in [0, 0.1) is 5.82 Å². The van der Waals surface area contributed by atoms with E-state index in [0.29, 0.717) is 41.1 Å². The summed E-state index contributed by atoms with van der Waals surface area (Å²) in [6.45, 7) is 1.82. The zero-order valence-corrected chi connectivity index (χ0v) is 20.6. The second-order valence-electron chi connectivity index (χ2n) is 8.80. The highest BCUT2D eigenvalue weighted by molar-refractivity contribution is 9.10. The minimum atomic E-state index is -0.679. The standard InChI is InChI=1S/C28H23BrFN3O2/c1-16-25(28(35)33-24-11-10-20(29)15-31-24)26(18-8-5-9-21(30)12-18)27-22(32-16)13-19(14-23(27)34)17-6-3-2-4-7-17/h2-12,15,19,26,32H,13-14H2,1H3,(H,31,33,35). The van der Waals surface area contributed by atoms with Crippen LogP contribution < -0.4 is 10.6 Å². The summed E-state index contributed by atoms with van der Waals surface area (Å²) in [5.74, 6) is -1.10. The number of carbonyl (C=O) groups excluding carboxylic acids is 2. The van der Waals surface area contributed by atoms with Crippen molar-refractivity contribution in [2.75, 3.05) is 5.32 Å². The van der Waals surface area contributed by atoms with E-state index < -0.39 is 11.7 Å². The highest BCUT2D eigenvalue weighted by Gasteiger charge is 2.41. The summed E-state index contributed by atoms with van der Waals surface area (Å²) in [5, 5.41) is 6.18. The van der Waals surface area contributed by atoms with E-state index >= 15 is 0 Å². The molecule has 1 aliphatic carbocycles. The number of ketones is 1. The minimum Gasteiger partial charge on any atom is -0.362 e. The van der Waals surface area contributed by atoms with Crippen molar-refractivity contribution in [2.24, 2.45) is 0 Å². The number of rotatable bonds is 4. The Hall–Kier alpha value is -3.58. The Morgan fingerprint density at radius 3 is 2.54 bits per heavy atom. The maximum absolute atomic E-state index is 14.3. The number of halogens is 2. The molecule has 1 amide bonds. The fourth-order valence-electron chi connectivity index (χ4n) is 4.95. The average molecular weight is 532 g/mol. The first kappa shape index (κ1) is 23.2. The number of amides is 1. The van der Waals surface area contributed by atoms with Crippen molar-refractivity contribution in [3.05, 3.63) is 117 Å². The molecule has 0 spiro atoms. The Morgan fingerprint density at radius 1 is 1.06 bits per heavy atom. The zero-order chi connectivity index (χ0) is 24.5. The summed E-state index contributed by atoms with van der Waals surface area (Å²) in [6, 6.07) is 19.5. The van der Waals surface area contributed by atoms with Crippen molar-refractivity contribution < 1.29 is 14.0 Å². The third kappa shape index (κ3) is 4.68. The van der Waals surface area contributed by atoms with Crippen molar-refractivity contribution in [3.63, 3.8) is 0 Å². The lowest BCUT2D eigenvalue weighted by atomic mass is 9.71. The van der Waals surface area contributed by atoms with Crippen LogP contribution in [0.4, 0.5) is 10.2 Å². The predicted molar refractivity (Wildman–Crippen MR) is 136 cm³/mol. The molecule has 0 radical (unpaired) electrons. The van der Waals surface area contributed by atoms with Gasteiger partial charge in [-0.05, 0) is 70.6 Å². The van der Waals surface area contributed by atoms with Crippen molar-refractivity contribution >= 4 is 33.4 Å². The van der Waals surface area contributed by atoms with Gasteiger partial charge in [-0.15, -0.1) is 0 Å². The zero-order valence-electron chi connectivity index (χ0n) is 19.0. The van der Waals surface area contributed by atoms with Crippen LogP contribution in [0.3, 0.4) is 0 Å². The van der Waals surface area contributed by atoms with Gasteiger partial charge in [-0.1, -0.05) is 42.5 Å². The second kappa shape index (κ2) is 9.58. The van der Waals surface area contributed by atoms with E-state index in [1.165, 1.54) is 12.1 Å². The van der Waals surface area contributed by atoms with Gasteiger partial charge in [0.15, 0.2) is 5.78 Å². The first-order chi connectivity index (χ1) is 16.9. The van der Waals surface area contributed by atoms with Crippen LogP contribution in [0.15, 0.2) is 99.9 Å². The number of hydrogen-bond donors (Lipinski definition) is 2. The Labute approximate surface area is 211 Å². The molecular formula is C28H23BrFN3O2. The second-order valence-corrected chi connectivity index (χ2v) is 9.71. The van der Waals surface area contributed by atoms with E-state index in [9.17, 15) is 14.0 Å². The van der Waals surface area contributed by atoms with Crippen LogP contribution >= 0.6 is 15.9 Å². The van der Waals surface area contributed by atoms with Crippen LogP contribution in [0.2, 0.25) is 0 Å². The third-order valence-corrected chi connectivity index (χ3v) is 6.96. The lowest BCUT2D eigenvalue weighted by molar-refractivity contribution is -0.116. The third-order valence-electron chi connectivity index (χ3n) is 6.49. The predicted octanol–water partition coefficient (Wildman–Crippen LogP) is 5.98. The monoisotopic (exact) mass is 531 g/mol. The molecule has 1 aromatic heterocycles. The number of allylic oxidation sites excluding steroid dienone is 3. The molecule has 3 aromatic rings. The smallest absolute Gasteiger partial charge is 0.255 e. The van der Waals surface area contributed by atoms with E-state index in [-0.39, 0.29) is 17.6 Å². The SMILES string of the molecule is CC1=C(C(=O)Nc2ccc(Br)cn2)C(c2cccc(F)c2)C2=C(CC(c3ccccc3)CC2=O)N1. The first-order valence-electron chi connectivity index (χ1n) is 11.4. The van der Waals surface area contributed by atoms with E-state index in [1.807, 2.05) is 37.3 Å². The quantitative estimate of drug-likeness (QED) is 0.434. The molecule has 5 rings (SSSR count). The summed E-state index contributed by atoms with van der Waals surface area (Å²) in [4.78, 5) is 31.3. The fraction of sp³-hybridized carbons (Fsp3) is 0.179. The van der Waals surface area contributed by atoms with Crippen molar-refractivity contribution in [3.8, 4) is 0 Å². The van der Waals surface area contributed by atoms with E-state index in [4.69, 9.17) is 0 Å². The number of aromatic nitrogens is 1. The van der Waals surface area contributed by atoms with E-state index in [2.05, 4.69) is 31.5 Å². The topological polar surface area (TPSA) is 71.1 Å². The molecule has 0 saturated heterocycles. The molecule has 0 saturated carbocycles. The molecule has 2 heterocycles. The summed E-state index contributed by atoms with van der Waals surface area (Å²) < 4.78 is 15.1. The highest BCUT2D eigenvalue weighted by Crippen LogP contribution is 2.45. The van der Waals surface area contributed by atoms with Gasteiger partial charge in [0.2, 0.25) is 0 Å². The van der Waals surface area contributed by atoms with Gasteiger partial charge < -0.3 is 10.6 Å². The largest absolute Gasteiger partial charge is 0.362 e. The lowest BCUT2D eigenvalue weighted by Gasteiger charge is -2.37. The van der Waals surface area contributed by atoms with Gasteiger partial charge in [-0.2, -0.15) is 0 Å². The first-order valence-corrected chi connectivity index (χ1v) is 12.2. The normalized spacial score (nSPS) is 19.8. The summed E-state index contributed by atoms with van der Waals surface area (Å²) in [5.41, 5.74) is 4.00. The Kier molecular flexibility index (Phi) is 6.34. The Morgan fingerprint density at radius 2 is 1.83 bits per heavy atom. The van der Waals surface area contributed by atoms with Gasteiger partial charge >= 0.3 is 0 Å². The number of hydrogen-bond acceptors (Lipinski definition) is 4. The molecule has 35 heavy (non-hydrogen) atoms. The van der Waals surface area contributed by atoms with Gasteiger partial charge in [-0.25, -0.2) is 9.37 Å². The highest BCUT2D eigenvalue weighted by atomic mass is 79.9. The Balaban J connectivity index is 1.56. The molecule has 1 aliphatic heterocycles. The van der Waals surface area contributed by atoms with E-state index in [1.54, 1.807) is 30.5 Å². The number of dihydropyridines is 1. The van der Waals surface area contributed by atoms with Crippen LogP contribution in [0.5, 0.6) is 0 Å². The van der Waals surface area contributed by atoms with Crippen molar-refractivity contribution in [1.29, 1.82) is 0 Å². The average Bonchev–Trinajstić information content (AvgIpc) is 2.85.